The van der Waals surface area contributed by atoms with E-state index in [1.807, 2.05) is 20.8 Å². The van der Waals surface area contributed by atoms with Gasteiger partial charge in [-0.2, -0.15) is 0 Å². The molecule has 1 fully saturated rings. The topological polar surface area (TPSA) is 66.6 Å². The van der Waals surface area contributed by atoms with E-state index in [0.717, 1.165) is 32.5 Å². The second-order valence-electron chi connectivity index (χ2n) is 5.82. The van der Waals surface area contributed by atoms with Crippen molar-refractivity contribution >= 4 is 5.97 Å². The number of piperidine rings is 1. The standard InChI is InChI=1S/C12H24N2O2/c1-12(2,3)10(11(15)16)14-6-4-9(8-13)5-7-14/h9-10H,4-8,13H2,1-3H3,(H,15,16). The molecule has 0 aromatic carbocycles. The minimum Gasteiger partial charge on any atom is -0.480 e. The first-order valence-electron chi connectivity index (χ1n) is 6.03. The number of nitrogens with two attached hydrogens (primary N) is 1. The second kappa shape index (κ2) is 5.15. The highest BCUT2D eigenvalue weighted by atomic mass is 16.4. The van der Waals surface area contributed by atoms with E-state index in [0.29, 0.717) is 5.92 Å². The third-order valence-electron chi connectivity index (χ3n) is 3.40. The van der Waals surface area contributed by atoms with E-state index >= 15 is 0 Å². The Morgan fingerprint density at radius 1 is 1.44 bits per heavy atom. The van der Waals surface area contributed by atoms with E-state index in [1.54, 1.807) is 0 Å². The lowest BCUT2D eigenvalue weighted by molar-refractivity contribution is -0.148. The summed E-state index contributed by atoms with van der Waals surface area (Å²) in [6.07, 6.45) is 2.05. The molecule has 0 radical (unpaired) electrons. The van der Waals surface area contributed by atoms with Crippen molar-refractivity contribution in [3.05, 3.63) is 0 Å². The number of aliphatic carboxylic acids is 1. The fourth-order valence-corrected chi connectivity index (χ4v) is 2.52. The number of hydrogen-bond donors (Lipinski definition) is 2. The predicted octanol–water partition coefficient (Wildman–Crippen LogP) is 1.16. The Kier molecular flexibility index (Phi) is 4.33. The summed E-state index contributed by atoms with van der Waals surface area (Å²) in [6.45, 7) is 8.40. The van der Waals surface area contributed by atoms with Gasteiger partial charge >= 0.3 is 5.97 Å². The first-order chi connectivity index (χ1) is 7.36. The summed E-state index contributed by atoms with van der Waals surface area (Å²) in [5.74, 6) is -0.135. The van der Waals surface area contributed by atoms with Crippen molar-refractivity contribution in [3.8, 4) is 0 Å². The second-order valence-corrected chi connectivity index (χ2v) is 5.82. The van der Waals surface area contributed by atoms with Gasteiger partial charge in [-0.25, -0.2) is 0 Å². The molecule has 4 nitrogen and oxygen atoms in total. The molecule has 1 unspecified atom stereocenters. The molecule has 0 aromatic rings. The molecule has 1 saturated heterocycles. The van der Waals surface area contributed by atoms with Gasteiger partial charge in [0.25, 0.3) is 0 Å². The molecule has 0 spiro atoms. The lowest BCUT2D eigenvalue weighted by Gasteiger charge is -2.41. The van der Waals surface area contributed by atoms with Crippen LogP contribution < -0.4 is 5.73 Å². The summed E-state index contributed by atoms with van der Waals surface area (Å²) in [5, 5.41) is 9.32. The van der Waals surface area contributed by atoms with Crippen LogP contribution in [0.3, 0.4) is 0 Å². The first kappa shape index (κ1) is 13.5. The molecule has 94 valence electrons. The number of nitrogens with zero attached hydrogens (tertiary/aromatic N) is 1. The number of likely N-dealkylation sites (tertiary alicyclic amines) is 1. The van der Waals surface area contributed by atoms with Crippen LogP contribution in [0.25, 0.3) is 0 Å². The van der Waals surface area contributed by atoms with Crippen LogP contribution in [0.4, 0.5) is 0 Å². The van der Waals surface area contributed by atoms with Gasteiger partial charge in [0.1, 0.15) is 6.04 Å². The van der Waals surface area contributed by atoms with Crippen LogP contribution >= 0.6 is 0 Å². The largest absolute Gasteiger partial charge is 0.480 e. The van der Waals surface area contributed by atoms with Gasteiger partial charge in [0.15, 0.2) is 0 Å². The summed E-state index contributed by atoms with van der Waals surface area (Å²) in [5.41, 5.74) is 5.41. The fourth-order valence-electron chi connectivity index (χ4n) is 2.52. The Labute approximate surface area is 97.8 Å². The molecule has 16 heavy (non-hydrogen) atoms. The molecule has 1 rings (SSSR count). The molecule has 0 aliphatic carbocycles. The van der Waals surface area contributed by atoms with Gasteiger partial charge in [-0.15, -0.1) is 0 Å². The SMILES string of the molecule is CC(C)(C)C(C(=O)O)N1CCC(CN)CC1. The predicted molar refractivity (Wildman–Crippen MR) is 64.2 cm³/mol. The number of carbonyl (C=O) groups is 1. The van der Waals surface area contributed by atoms with Crippen LogP contribution in [0.15, 0.2) is 0 Å². The summed E-state index contributed by atoms with van der Waals surface area (Å²) in [7, 11) is 0. The lowest BCUT2D eigenvalue weighted by Crippen LogP contribution is -2.52. The average molecular weight is 228 g/mol. The Bertz CT molecular complexity index is 240. The van der Waals surface area contributed by atoms with Crippen LogP contribution in [0, 0.1) is 11.3 Å². The molecule has 0 aromatic heterocycles. The normalized spacial score (nSPS) is 22.0. The fraction of sp³-hybridized carbons (Fsp3) is 0.917. The zero-order valence-corrected chi connectivity index (χ0v) is 10.6. The number of hydrogen-bond acceptors (Lipinski definition) is 3. The zero-order chi connectivity index (χ0) is 12.3. The molecular weight excluding hydrogens is 204 g/mol. The molecule has 0 bridgehead atoms. The van der Waals surface area contributed by atoms with E-state index in [4.69, 9.17) is 5.73 Å². The summed E-state index contributed by atoms with van der Waals surface area (Å²) in [4.78, 5) is 13.4. The highest BCUT2D eigenvalue weighted by Gasteiger charge is 2.37. The molecular formula is C12H24N2O2. The molecule has 1 heterocycles. The van der Waals surface area contributed by atoms with E-state index in [1.165, 1.54) is 0 Å². The van der Waals surface area contributed by atoms with Crippen molar-refractivity contribution in [2.75, 3.05) is 19.6 Å². The van der Waals surface area contributed by atoms with Crippen LogP contribution in [-0.4, -0.2) is 41.7 Å². The van der Waals surface area contributed by atoms with Gasteiger partial charge in [0.2, 0.25) is 0 Å². The Balaban J connectivity index is 2.65. The number of carboxylic acid groups (broad SMARTS) is 1. The molecule has 1 atom stereocenters. The maximum atomic E-state index is 11.3. The molecule has 1 aliphatic heterocycles. The highest BCUT2D eigenvalue weighted by molar-refractivity contribution is 5.74. The lowest BCUT2D eigenvalue weighted by atomic mass is 9.83. The summed E-state index contributed by atoms with van der Waals surface area (Å²) >= 11 is 0. The van der Waals surface area contributed by atoms with Gasteiger partial charge in [0, 0.05) is 0 Å². The maximum absolute atomic E-state index is 11.3. The Morgan fingerprint density at radius 3 is 2.25 bits per heavy atom. The van der Waals surface area contributed by atoms with Crippen LogP contribution in [0.5, 0.6) is 0 Å². The third kappa shape index (κ3) is 3.19. The third-order valence-corrected chi connectivity index (χ3v) is 3.40. The van der Waals surface area contributed by atoms with E-state index in [-0.39, 0.29) is 11.5 Å². The number of carboxylic acids is 1. The van der Waals surface area contributed by atoms with Crippen molar-refractivity contribution in [2.24, 2.45) is 17.1 Å². The summed E-state index contributed by atoms with van der Waals surface area (Å²) < 4.78 is 0. The van der Waals surface area contributed by atoms with Gasteiger partial charge in [-0.1, -0.05) is 20.8 Å². The average Bonchev–Trinajstić information content (AvgIpc) is 2.16. The molecule has 0 amide bonds. The van der Waals surface area contributed by atoms with Crippen molar-refractivity contribution in [1.29, 1.82) is 0 Å². The van der Waals surface area contributed by atoms with E-state index in [2.05, 4.69) is 4.90 Å². The van der Waals surface area contributed by atoms with E-state index in [9.17, 15) is 9.90 Å². The highest BCUT2D eigenvalue weighted by Crippen LogP contribution is 2.28. The van der Waals surface area contributed by atoms with Gasteiger partial charge < -0.3 is 10.8 Å². The minimum absolute atomic E-state index is 0.221. The minimum atomic E-state index is -0.710. The number of rotatable bonds is 3. The van der Waals surface area contributed by atoms with Crippen LogP contribution in [0.1, 0.15) is 33.6 Å². The molecule has 0 saturated carbocycles. The van der Waals surface area contributed by atoms with Crippen LogP contribution in [0.2, 0.25) is 0 Å². The monoisotopic (exact) mass is 228 g/mol. The van der Waals surface area contributed by atoms with Crippen molar-refractivity contribution in [3.63, 3.8) is 0 Å². The first-order valence-corrected chi connectivity index (χ1v) is 6.03. The smallest absolute Gasteiger partial charge is 0.321 e. The zero-order valence-electron chi connectivity index (χ0n) is 10.6. The van der Waals surface area contributed by atoms with E-state index < -0.39 is 5.97 Å². The van der Waals surface area contributed by atoms with Gasteiger partial charge in [-0.05, 0) is 43.8 Å². The van der Waals surface area contributed by atoms with Crippen LogP contribution in [-0.2, 0) is 4.79 Å². The molecule has 1 aliphatic rings. The Morgan fingerprint density at radius 2 is 1.94 bits per heavy atom. The van der Waals surface area contributed by atoms with Gasteiger partial charge in [-0.3, -0.25) is 9.69 Å². The van der Waals surface area contributed by atoms with Gasteiger partial charge in [0.05, 0.1) is 0 Å². The quantitative estimate of drug-likeness (QED) is 0.760. The van der Waals surface area contributed by atoms with Crippen molar-refractivity contribution < 1.29 is 9.90 Å². The molecule has 3 N–H and O–H groups in total. The van der Waals surface area contributed by atoms with Crippen molar-refractivity contribution in [2.45, 2.75) is 39.7 Å². The van der Waals surface area contributed by atoms with Crippen molar-refractivity contribution in [1.82, 2.24) is 4.90 Å². The Hall–Kier alpha value is -0.610. The summed E-state index contributed by atoms with van der Waals surface area (Å²) in [6, 6.07) is -0.383. The maximum Gasteiger partial charge on any atom is 0.321 e. The molecule has 4 heteroatoms.